The molecule has 1 aliphatic carbocycles. The number of hydrogen-bond donors (Lipinski definition) is 1. The Kier molecular flexibility index (Phi) is 7.71. The normalized spacial score (nSPS) is 20.6. The topological polar surface area (TPSA) is 86.2 Å². The monoisotopic (exact) mass is 504 g/mol. The molecule has 0 radical (unpaired) electrons. The summed E-state index contributed by atoms with van der Waals surface area (Å²) in [6.45, 7) is 8.63. The Labute approximate surface area is 218 Å². The van der Waals surface area contributed by atoms with Crippen molar-refractivity contribution in [3.8, 4) is 17.2 Å². The number of hydrogen-bond acceptors (Lipinski definition) is 6. The van der Waals surface area contributed by atoms with E-state index in [1.165, 1.54) is 0 Å². The molecular weight excluding hydrogens is 468 g/mol. The summed E-state index contributed by atoms with van der Waals surface area (Å²) in [5, 5.41) is 3.00. The first-order chi connectivity index (χ1) is 17.7. The molecule has 2 atom stereocenters. The van der Waals surface area contributed by atoms with Gasteiger partial charge in [-0.15, -0.1) is 0 Å². The number of carbonyl (C=O) groups is 2. The molecule has 1 N–H and O–H groups in total. The molecule has 7 heteroatoms. The number of allylic oxidation sites excluding steroid dienone is 1. The van der Waals surface area contributed by atoms with Crippen molar-refractivity contribution < 1.29 is 23.8 Å². The lowest BCUT2D eigenvalue weighted by molar-refractivity contribution is -0.124. The van der Waals surface area contributed by atoms with Crippen LogP contribution in [-0.2, 0) is 9.59 Å². The second-order valence-corrected chi connectivity index (χ2v) is 10.5. The van der Waals surface area contributed by atoms with Crippen LogP contribution in [0, 0.1) is 11.3 Å². The van der Waals surface area contributed by atoms with Gasteiger partial charge in [-0.3, -0.25) is 14.6 Å². The fraction of sp³-hybridized carbons (Fsp3) is 0.433. The van der Waals surface area contributed by atoms with Crippen LogP contribution >= 0.6 is 0 Å². The van der Waals surface area contributed by atoms with Gasteiger partial charge in [0, 0.05) is 29.3 Å². The second-order valence-electron chi connectivity index (χ2n) is 10.5. The van der Waals surface area contributed by atoms with Crippen LogP contribution < -0.4 is 19.5 Å². The second kappa shape index (κ2) is 10.8. The number of para-hydroxylation sites is 2. The van der Waals surface area contributed by atoms with Crippen molar-refractivity contribution in [2.45, 2.75) is 52.9 Å². The van der Waals surface area contributed by atoms with Crippen LogP contribution in [0.5, 0.6) is 17.2 Å². The quantitative estimate of drug-likeness (QED) is 0.480. The fourth-order valence-corrected chi connectivity index (χ4v) is 5.40. The SMILES string of the molecule is CCCOc1ccc([C@@H]2C(C(=O)Nc3ccccc3OC)=C(C)N=C3CC(C)(C)CC(=O)C32)cc1OC. The number of methoxy groups -OCH3 is 2. The third kappa shape index (κ3) is 5.41. The van der Waals surface area contributed by atoms with Gasteiger partial charge < -0.3 is 19.5 Å². The number of benzene rings is 2. The van der Waals surface area contributed by atoms with Crippen molar-refractivity contribution in [1.29, 1.82) is 0 Å². The van der Waals surface area contributed by atoms with E-state index in [4.69, 9.17) is 19.2 Å². The molecule has 1 saturated carbocycles. The minimum absolute atomic E-state index is 0.0976. The summed E-state index contributed by atoms with van der Waals surface area (Å²) in [5.74, 6) is 0.538. The highest BCUT2D eigenvalue weighted by atomic mass is 16.5. The van der Waals surface area contributed by atoms with Gasteiger partial charge in [0.1, 0.15) is 11.5 Å². The van der Waals surface area contributed by atoms with Crippen molar-refractivity contribution in [2.75, 3.05) is 26.1 Å². The molecule has 0 bridgehead atoms. The molecule has 0 spiro atoms. The number of Topliss-reactive ketones (excluding diaryl/α,β-unsaturated/α-hetero) is 1. The Bertz CT molecular complexity index is 1260. The number of ketones is 1. The van der Waals surface area contributed by atoms with E-state index < -0.39 is 11.8 Å². The lowest BCUT2D eigenvalue weighted by atomic mass is 9.63. The summed E-state index contributed by atoms with van der Waals surface area (Å²) < 4.78 is 16.9. The number of anilines is 1. The van der Waals surface area contributed by atoms with Gasteiger partial charge in [0.15, 0.2) is 11.5 Å². The van der Waals surface area contributed by atoms with Gasteiger partial charge in [0.05, 0.1) is 32.4 Å². The minimum atomic E-state index is -0.512. The van der Waals surface area contributed by atoms with Gasteiger partial charge in [0.25, 0.3) is 5.91 Å². The summed E-state index contributed by atoms with van der Waals surface area (Å²) in [7, 11) is 3.16. The van der Waals surface area contributed by atoms with Gasteiger partial charge in [-0.05, 0) is 55.0 Å². The van der Waals surface area contributed by atoms with E-state index in [0.717, 1.165) is 17.7 Å². The van der Waals surface area contributed by atoms with Crippen LogP contribution in [0.2, 0.25) is 0 Å². The Morgan fingerprint density at radius 1 is 1.03 bits per heavy atom. The van der Waals surface area contributed by atoms with E-state index in [1.54, 1.807) is 26.4 Å². The molecule has 2 aliphatic rings. The van der Waals surface area contributed by atoms with Gasteiger partial charge in [-0.1, -0.05) is 39.0 Å². The first-order valence-corrected chi connectivity index (χ1v) is 12.7. The number of amides is 1. The molecule has 2 aromatic carbocycles. The van der Waals surface area contributed by atoms with Crippen LogP contribution in [0.25, 0.3) is 0 Å². The fourth-order valence-electron chi connectivity index (χ4n) is 5.40. The predicted molar refractivity (Wildman–Crippen MR) is 145 cm³/mol. The number of fused-ring (bicyclic) bond motifs is 1. The van der Waals surface area contributed by atoms with Crippen molar-refractivity contribution in [3.63, 3.8) is 0 Å². The summed E-state index contributed by atoms with van der Waals surface area (Å²) >= 11 is 0. The van der Waals surface area contributed by atoms with Crippen molar-refractivity contribution in [1.82, 2.24) is 0 Å². The number of carbonyl (C=O) groups excluding carboxylic acids is 2. The van der Waals surface area contributed by atoms with Crippen molar-refractivity contribution in [2.24, 2.45) is 16.3 Å². The van der Waals surface area contributed by atoms with E-state index >= 15 is 0 Å². The molecule has 0 aromatic heterocycles. The average Bonchev–Trinajstić information content (AvgIpc) is 2.86. The third-order valence-electron chi connectivity index (χ3n) is 6.97. The number of nitrogens with zero attached hydrogens (tertiary/aromatic N) is 1. The van der Waals surface area contributed by atoms with E-state index in [1.807, 2.05) is 44.2 Å². The molecule has 1 aliphatic heterocycles. The van der Waals surface area contributed by atoms with Gasteiger partial charge in [-0.25, -0.2) is 0 Å². The van der Waals surface area contributed by atoms with Gasteiger partial charge >= 0.3 is 0 Å². The predicted octanol–water partition coefficient (Wildman–Crippen LogP) is 5.95. The molecular formula is C30H36N2O5. The Morgan fingerprint density at radius 3 is 2.46 bits per heavy atom. The van der Waals surface area contributed by atoms with Crippen LogP contribution in [0.3, 0.4) is 0 Å². The van der Waals surface area contributed by atoms with Crippen LogP contribution in [0.1, 0.15) is 58.4 Å². The summed E-state index contributed by atoms with van der Waals surface area (Å²) in [5.41, 5.74) is 3.11. The molecule has 4 rings (SSSR count). The smallest absolute Gasteiger partial charge is 0.254 e. The highest BCUT2D eigenvalue weighted by Gasteiger charge is 2.47. The van der Waals surface area contributed by atoms with Crippen LogP contribution in [-0.4, -0.2) is 38.2 Å². The zero-order chi connectivity index (χ0) is 26.7. The Morgan fingerprint density at radius 2 is 1.76 bits per heavy atom. The highest BCUT2D eigenvalue weighted by molar-refractivity contribution is 6.14. The molecule has 1 amide bonds. The zero-order valence-corrected chi connectivity index (χ0v) is 22.5. The zero-order valence-electron chi connectivity index (χ0n) is 22.5. The number of rotatable bonds is 8. The number of ether oxygens (including phenoxy) is 3. The van der Waals surface area contributed by atoms with E-state index in [0.29, 0.717) is 53.7 Å². The lowest BCUT2D eigenvalue weighted by Crippen LogP contribution is -2.44. The standard InChI is InChI=1S/C30H36N2O5/c1-7-14-37-24-13-12-19(15-25(24)36-6)27-26(29(34)32-20-10-8-9-11-23(20)35-5)18(2)31-21-16-30(3,4)17-22(33)28(21)27/h8-13,15,27-28H,7,14,16-17H2,1-6H3,(H,32,34)/t27-,28?/m1/s1. The number of nitrogens with one attached hydrogen (secondary N) is 1. The largest absolute Gasteiger partial charge is 0.495 e. The van der Waals surface area contributed by atoms with E-state index in [2.05, 4.69) is 19.2 Å². The van der Waals surface area contributed by atoms with Crippen molar-refractivity contribution in [3.05, 3.63) is 59.3 Å². The third-order valence-corrected chi connectivity index (χ3v) is 6.97. The Hall–Kier alpha value is -3.61. The summed E-state index contributed by atoms with van der Waals surface area (Å²) in [4.78, 5) is 32.3. The maximum absolute atomic E-state index is 13.8. The molecule has 1 fully saturated rings. The maximum Gasteiger partial charge on any atom is 0.254 e. The summed E-state index contributed by atoms with van der Waals surface area (Å²) in [6.07, 6.45) is 2.00. The molecule has 1 heterocycles. The van der Waals surface area contributed by atoms with Gasteiger partial charge in [0.2, 0.25) is 0 Å². The van der Waals surface area contributed by atoms with Crippen molar-refractivity contribution >= 4 is 23.1 Å². The molecule has 196 valence electrons. The number of aliphatic imine (C=N–C) groups is 1. The molecule has 1 unspecified atom stereocenters. The first kappa shape index (κ1) is 26.5. The first-order valence-electron chi connectivity index (χ1n) is 12.7. The minimum Gasteiger partial charge on any atom is -0.495 e. The van der Waals surface area contributed by atoms with Gasteiger partial charge in [-0.2, -0.15) is 0 Å². The molecule has 7 nitrogen and oxygen atoms in total. The van der Waals surface area contributed by atoms with Crippen LogP contribution in [0.4, 0.5) is 5.69 Å². The van der Waals surface area contributed by atoms with E-state index in [-0.39, 0.29) is 17.1 Å². The highest BCUT2D eigenvalue weighted by Crippen LogP contribution is 2.48. The van der Waals surface area contributed by atoms with Crippen LogP contribution in [0.15, 0.2) is 58.7 Å². The molecule has 0 saturated heterocycles. The maximum atomic E-state index is 13.8. The molecule has 37 heavy (non-hydrogen) atoms. The lowest BCUT2D eigenvalue weighted by Gasteiger charge is -2.41. The molecule has 2 aromatic rings. The average molecular weight is 505 g/mol. The Balaban J connectivity index is 1.82. The summed E-state index contributed by atoms with van der Waals surface area (Å²) in [6, 6.07) is 12.9. The van der Waals surface area contributed by atoms with E-state index in [9.17, 15) is 9.59 Å².